The third-order valence-corrected chi connectivity index (χ3v) is 2.32. The summed E-state index contributed by atoms with van der Waals surface area (Å²) >= 11 is 3.02. The maximum atomic E-state index is 10.9. The summed E-state index contributed by atoms with van der Waals surface area (Å²) in [5.41, 5.74) is 8.74. The minimum absolute atomic E-state index is 0.0413. The Kier molecular flexibility index (Phi) is 4.71. The van der Waals surface area contributed by atoms with E-state index in [4.69, 9.17) is 5.53 Å². The molecule has 1 rings (SSSR count). The van der Waals surface area contributed by atoms with E-state index in [1.54, 1.807) is 12.1 Å². The van der Waals surface area contributed by atoms with E-state index >= 15 is 0 Å². The van der Waals surface area contributed by atoms with Gasteiger partial charge in [-0.15, -0.1) is 0 Å². The highest BCUT2D eigenvalue weighted by atomic mass is 79.9. The number of halogens is 1. The summed E-state index contributed by atoms with van der Waals surface area (Å²) in [6.45, 7) is 0.542. The quantitative estimate of drug-likeness (QED) is 0.224. The van der Waals surface area contributed by atoms with Crippen LogP contribution >= 0.6 is 16.1 Å². The number of nitro benzene ring substituents is 1. The minimum Gasteiger partial charge on any atom is -0.258 e. The molecule has 0 aliphatic rings. The van der Waals surface area contributed by atoms with Crippen LogP contribution in [-0.2, 0) is 6.42 Å². The highest BCUT2D eigenvalue weighted by Crippen LogP contribution is 2.31. The fraction of sp³-hybridized carbons (Fsp3) is 0.250. The van der Waals surface area contributed by atoms with Crippen molar-refractivity contribution in [2.45, 2.75) is 6.42 Å². The van der Waals surface area contributed by atoms with Crippen LogP contribution in [0.25, 0.3) is 10.4 Å². The number of azide groups is 1. The first-order valence-electron chi connectivity index (χ1n) is 4.35. The van der Waals surface area contributed by atoms with Crippen molar-refractivity contribution in [2.24, 2.45) is 5.11 Å². The van der Waals surface area contributed by atoms with E-state index < -0.39 is 4.92 Å². The number of hydrogen-bond acceptors (Lipinski definition) is 4. The zero-order chi connectivity index (χ0) is 12.0. The van der Waals surface area contributed by atoms with E-state index in [2.05, 4.69) is 30.5 Å². The Hall–Kier alpha value is -1.63. The van der Waals surface area contributed by atoms with Crippen LogP contribution in [0.4, 0.5) is 11.4 Å². The lowest BCUT2D eigenvalue weighted by molar-refractivity contribution is -0.384. The number of nitro groups is 1. The van der Waals surface area contributed by atoms with Gasteiger partial charge in [0.25, 0.3) is 5.69 Å². The van der Waals surface area contributed by atoms with Gasteiger partial charge in [0, 0.05) is 33.2 Å². The molecule has 0 aliphatic heterocycles. The van der Waals surface area contributed by atoms with Crippen molar-refractivity contribution in [3.05, 3.63) is 44.3 Å². The summed E-state index contributed by atoms with van der Waals surface area (Å²) in [5, 5.41) is 14.2. The topological polar surface area (TPSA) is 104 Å². The van der Waals surface area contributed by atoms with Crippen LogP contribution in [0.3, 0.4) is 0 Å². The van der Waals surface area contributed by atoms with Gasteiger partial charge >= 0.3 is 0 Å². The predicted molar refractivity (Wildman–Crippen MR) is 62.5 cm³/mol. The van der Waals surface area contributed by atoms with Gasteiger partial charge in [0.15, 0.2) is 0 Å². The van der Waals surface area contributed by atoms with Gasteiger partial charge in [0.05, 0.1) is 4.92 Å². The van der Waals surface area contributed by atoms with Crippen molar-refractivity contribution in [2.75, 3.05) is 6.54 Å². The largest absolute Gasteiger partial charge is 0.282 e. The molecule has 0 aromatic heterocycles. The van der Waals surface area contributed by atoms with Crippen LogP contribution in [0, 0.1) is 10.1 Å². The normalized spacial score (nSPS) is 9.56. The van der Waals surface area contributed by atoms with Crippen molar-refractivity contribution in [1.82, 2.24) is 4.34 Å². The Balaban J connectivity index is 3.21. The maximum Gasteiger partial charge on any atom is 0.282 e. The van der Waals surface area contributed by atoms with Crippen molar-refractivity contribution in [3.63, 3.8) is 0 Å². The average Bonchev–Trinajstić information content (AvgIpc) is 2.26. The fourth-order valence-electron chi connectivity index (χ4n) is 1.30. The molecule has 1 aromatic rings. The first kappa shape index (κ1) is 12.4. The average molecular weight is 286 g/mol. The van der Waals surface area contributed by atoms with Crippen LogP contribution in [-0.4, -0.2) is 11.5 Å². The molecule has 0 saturated heterocycles. The molecule has 0 spiro atoms. The Morgan fingerprint density at radius 3 is 2.94 bits per heavy atom. The molecule has 0 fully saturated rings. The van der Waals surface area contributed by atoms with E-state index in [0.717, 1.165) is 0 Å². The number of para-hydroxylation sites is 1. The summed E-state index contributed by atoms with van der Waals surface area (Å²) in [4.78, 5) is 12.9. The molecule has 7 nitrogen and oxygen atoms in total. The van der Waals surface area contributed by atoms with E-state index in [1.807, 2.05) is 0 Å². The maximum absolute atomic E-state index is 10.9. The molecule has 0 unspecified atom stereocenters. The molecule has 0 aliphatic carbocycles. The Morgan fingerprint density at radius 1 is 1.62 bits per heavy atom. The zero-order valence-electron chi connectivity index (χ0n) is 8.13. The lowest BCUT2D eigenvalue weighted by Crippen LogP contribution is -2.06. The predicted octanol–water partition coefficient (Wildman–Crippen LogP) is 2.98. The fourth-order valence-corrected chi connectivity index (χ4v) is 1.50. The Labute approximate surface area is 99.6 Å². The summed E-state index contributed by atoms with van der Waals surface area (Å²) in [6, 6.07) is 4.68. The molecular formula is C8H8BrN5O2. The summed E-state index contributed by atoms with van der Waals surface area (Å²) in [6.07, 6.45) is 0.469. The number of nitrogens with zero attached hydrogens (tertiary/aromatic N) is 4. The number of benzene rings is 1. The third kappa shape index (κ3) is 2.93. The lowest BCUT2D eigenvalue weighted by atomic mass is 10.1. The number of hydrogen-bond donors (Lipinski definition) is 1. The Bertz CT molecular complexity index is 444. The molecule has 84 valence electrons. The first-order valence-corrected chi connectivity index (χ1v) is 5.15. The SMILES string of the molecule is [N-]=[N+]=Nc1cccc(CCNBr)c1[N+](=O)[O-]. The monoisotopic (exact) mass is 285 g/mol. The highest BCUT2D eigenvalue weighted by molar-refractivity contribution is 9.08. The zero-order valence-corrected chi connectivity index (χ0v) is 9.72. The molecule has 8 heteroatoms. The molecule has 0 saturated carbocycles. The number of rotatable bonds is 5. The van der Waals surface area contributed by atoms with Crippen LogP contribution < -0.4 is 4.34 Å². The van der Waals surface area contributed by atoms with Gasteiger partial charge in [-0.1, -0.05) is 17.2 Å². The molecule has 16 heavy (non-hydrogen) atoms. The van der Waals surface area contributed by atoms with Gasteiger partial charge in [-0.05, 0) is 18.0 Å². The van der Waals surface area contributed by atoms with Crippen LogP contribution in [0.2, 0.25) is 0 Å². The summed E-state index contributed by atoms with van der Waals surface area (Å²) < 4.78 is 2.72. The van der Waals surface area contributed by atoms with Gasteiger partial charge in [0.1, 0.15) is 5.69 Å². The van der Waals surface area contributed by atoms with Gasteiger partial charge in [0.2, 0.25) is 0 Å². The molecular weight excluding hydrogens is 278 g/mol. The minimum atomic E-state index is -0.534. The summed E-state index contributed by atoms with van der Waals surface area (Å²) in [5.74, 6) is 0. The summed E-state index contributed by atoms with van der Waals surface area (Å²) in [7, 11) is 0. The second-order valence-corrected chi connectivity index (χ2v) is 3.43. The van der Waals surface area contributed by atoms with Crippen molar-refractivity contribution < 1.29 is 4.92 Å². The second-order valence-electron chi connectivity index (χ2n) is 2.87. The van der Waals surface area contributed by atoms with Gasteiger partial charge in [-0.25, -0.2) is 0 Å². The molecule has 0 amide bonds. The highest BCUT2D eigenvalue weighted by Gasteiger charge is 2.17. The van der Waals surface area contributed by atoms with E-state index in [0.29, 0.717) is 18.5 Å². The number of nitrogens with one attached hydrogen (secondary N) is 1. The van der Waals surface area contributed by atoms with E-state index in [-0.39, 0.29) is 11.4 Å². The molecule has 0 heterocycles. The van der Waals surface area contributed by atoms with Crippen molar-refractivity contribution in [1.29, 1.82) is 0 Å². The van der Waals surface area contributed by atoms with Crippen LogP contribution in [0.5, 0.6) is 0 Å². The van der Waals surface area contributed by atoms with Crippen LogP contribution in [0.15, 0.2) is 23.3 Å². The first-order chi connectivity index (χ1) is 7.70. The van der Waals surface area contributed by atoms with Crippen molar-refractivity contribution >= 4 is 27.5 Å². The molecule has 1 aromatic carbocycles. The van der Waals surface area contributed by atoms with Gasteiger partial charge in [-0.3, -0.25) is 14.5 Å². The van der Waals surface area contributed by atoms with Crippen molar-refractivity contribution in [3.8, 4) is 0 Å². The smallest absolute Gasteiger partial charge is 0.258 e. The molecule has 0 atom stereocenters. The third-order valence-electron chi connectivity index (χ3n) is 1.92. The van der Waals surface area contributed by atoms with Gasteiger partial charge in [-0.2, -0.15) is 0 Å². The lowest BCUT2D eigenvalue weighted by Gasteiger charge is -2.03. The molecule has 1 N–H and O–H groups in total. The molecule has 0 radical (unpaired) electrons. The Morgan fingerprint density at radius 2 is 2.38 bits per heavy atom. The standard InChI is InChI=1S/C8H8BrN5O2/c9-11-5-4-6-2-1-3-7(12-13-10)8(6)14(15)16/h1-3,11H,4-5H2. The second kappa shape index (κ2) is 6.06. The van der Waals surface area contributed by atoms with E-state index in [1.165, 1.54) is 6.07 Å². The van der Waals surface area contributed by atoms with E-state index in [9.17, 15) is 10.1 Å². The molecule has 0 bridgehead atoms. The van der Waals surface area contributed by atoms with Gasteiger partial charge < -0.3 is 0 Å². The van der Waals surface area contributed by atoms with Crippen LogP contribution in [0.1, 0.15) is 5.56 Å².